The van der Waals surface area contributed by atoms with Gasteiger partial charge in [0, 0.05) is 11.6 Å². The number of aromatic carboxylic acids is 1. The number of methoxy groups -OCH3 is 2. The number of carbonyl (C=O) groups is 1. The summed E-state index contributed by atoms with van der Waals surface area (Å²) in [5.74, 6) is -1.66. The molecule has 0 atom stereocenters. The van der Waals surface area contributed by atoms with Gasteiger partial charge < -0.3 is 14.6 Å². The van der Waals surface area contributed by atoms with Gasteiger partial charge in [0.05, 0.1) is 24.9 Å². The quantitative estimate of drug-likeness (QED) is 0.861. The Bertz CT molecular complexity index is 636. The van der Waals surface area contributed by atoms with Crippen LogP contribution in [0.5, 0.6) is 11.5 Å². The summed E-state index contributed by atoms with van der Waals surface area (Å²) in [6.45, 7) is 0. The third-order valence-electron chi connectivity index (χ3n) is 2.45. The highest BCUT2D eigenvalue weighted by Crippen LogP contribution is 2.34. The van der Waals surface area contributed by atoms with E-state index in [2.05, 4.69) is 0 Å². The van der Waals surface area contributed by atoms with Crippen molar-refractivity contribution in [1.29, 1.82) is 0 Å². The number of carboxylic acid groups (broad SMARTS) is 1. The smallest absolute Gasteiger partial charge is 0.339 e. The molecule has 0 saturated heterocycles. The maximum Gasteiger partial charge on any atom is 0.339 e. The fourth-order valence-corrected chi connectivity index (χ4v) is 2.86. The van der Waals surface area contributed by atoms with E-state index in [1.54, 1.807) is 0 Å². The van der Waals surface area contributed by atoms with Crippen molar-refractivity contribution in [3.05, 3.63) is 29.3 Å². The van der Waals surface area contributed by atoms with Gasteiger partial charge in [-0.1, -0.05) is 17.7 Å². The van der Waals surface area contributed by atoms with Crippen molar-refractivity contribution in [1.82, 2.24) is 0 Å². The summed E-state index contributed by atoms with van der Waals surface area (Å²) in [5, 5.41) is 9.12. The van der Waals surface area contributed by atoms with Gasteiger partial charge in [0.25, 0.3) is 0 Å². The summed E-state index contributed by atoms with van der Waals surface area (Å²) in [5.41, 5.74) is 0.788. The Balaban J connectivity index is 3.51. The lowest BCUT2D eigenvalue weighted by molar-refractivity contribution is 0.0692. The molecule has 20 heavy (non-hydrogen) atoms. The maximum absolute atomic E-state index is 12.0. The molecule has 110 valence electrons. The molecule has 8 heteroatoms. The van der Waals surface area contributed by atoms with Crippen LogP contribution in [0.2, 0.25) is 0 Å². The molecule has 0 spiro atoms. The zero-order valence-corrected chi connectivity index (χ0v) is 12.4. The summed E-state index contributed by atoms with van der Waals surface area (Å²) in [6.07, 6.45) is 1.24. The summed E-state index contributed by atoms with van der Waals surface area (Å²) in [6, 6.07) is 2.24. The molecule has 0 aliphatic heterocycles. The number of hydrogen-bond donors (Lipinski definition) is 1. The first-order valence-electron chi connectivity index (χ1n) is 5.34. The Morgan fingerprint density at radius 2 is 2.00 bits per heavy atom. The van der Waals surface area contributed by atoms with Gasteiger partial charge in [0.1, 0.15) is 5.56 Å². The van der Waals surface area contributed by atoms with Crippen molar-refractivity contribution in [3.8, 4) is 11.5 Å². The molecular formula is C12H13ClO6S. The Hall–Kier alpha value is -1.73. The topological polar surface area (TPSA) is 89.9 Å². The zero-order valence-electron chi connectivity index (χ0n) is 10.8. The number of ether oxygens (including phenoxy) is 2. The molecule has 0 fully saturated rings. The monoisotopic (exact) mass is 320 g/mol. The second kappa shape index (κ2) is 6.62. The van der Waals surface area contributed by atoms with E-state index in [1.165, 1.54) is 26.4 Å². The molecule has 1 aromatic carbocycles. The van der Waals surface area contributed by atoms with Gasteiger partial charge in [-0.2, -0.15) is 0 Å². The van der Waals surface area contributed by atoms with E-state index in [0.717, 1.165) is 11.6 Å². The predicted octanol–water partition coefficient (Wildman–Crippen LogP) is 1.93. The molecule has 0 aliphatic carbocycles. The van der Waals surface area contributed by atoms with Crippen LogP contribution in [0.1, 0.15) is 10.4 Å². The van der Waals surface area contributed by atoms with Crippen molar-refractivity contribution >= 4 is 27.4 Å². The number of rotatable bonds is 6. The normalized spacial score (nSPS) is 11.6. The van der Waals surface area contributed by atoms with E-state index in [0.29, 0.717) is 0 Å². The standard InChI is InChI=1S/C12H13ClO6S/c1-18-10-7-8(20(16,17)5-3-4-13)6-9(12(14)15)11(10)19-2/h3-4,6-7H,5H2,1-2H3,(H,14,15)/b4-3+. The largest absolute Gasteiger partial charge is 0.493 e. The summed E-state index contributed by atoms with van der Waals surface area (Å²) < 4.78 is 34.0. The van der Waals surface area contributed by atoms with Crippen LogP contribution in [0.3, 0.4) is 0 Å². The fraction of sp³-hybridized carbons (Fsp3) is 0.250. The van der Waals surface area contributed by atoms with Gasteiger partial charge in [0.15, 0.2) is 21.3 Å². The molecule has 0 unspecified atom stereocenters. The number of sulfone groups is 1. The van der Waals surface area contributed by atoms with E-state index >= 15 is 0 Å². The Labute approximate surface area is 121 Å². The van der Waals surface area contributed by atoms with Gasteiger partial charge >= 0.3 is 5.97 Å². The van der Waals surface area contributed by atoms with Crippen LogP contribution in [0.25, 0.3) is 0 Å². The lowest BCUT2D eigenvalue weighted by Crippen LogP contribution is -2.09. The molecule has 0 aromatic heterocycles. The minimum Gasteiger partial charge on any atom is -0.493 e. The molecule has 1 N–H and O–H groups in total. The Morgan fingerprint density at radius 1 is 1.35 bits per heavy atom. The van der Waals surface area contributed by atoms with E-state index in [1.807, 2.05) is 0 Å². The second-order valence-corrected chi connectivity index (χ2v) is 5.94. The van der Waals surface area contributed by atoms with Gasteiger partial charge in [-0.3, -0.25) is 0 Å². The first kappa shape index (κ1) is 16.3. The maximum atomic E-state index is 12.0. The molecule has 0 radical (unpaired) electrons. The fourth-order valence-electron chi connectivity index (χ4n) is 1.54. The highest BCUT2D eigenvalue weighted by molar-refractivity contribution is 7.91. The SMILES string of the molecule is COc1cc(S(=O)(=O)C/C=C/Cl)cc(C(=O)O)c1OC. The first-order chi connectivity index (χ1) is 9.37. The molecule has 1 rings (SSSR count). The number of carboxylic acids is 1. The number of hydrogen-bond acceptors (Lipinski definition) is 5. The third kappa shape index (κ3) is 3.43. The minimum absolute atomic E-state index is 0.0285. The lowest BCUT2D eigenvalue weighted by atomic mass is 10.2. The Kier molecular flexibility index (Phi) is 5.41. The molecule has 0 heterocycles. The van der Waals surface area contributed by atoms with E-state index in [-0.39, 0.29) is 27.7 Å². The van der Waals surface area contributed by atoms with Crippen molar-refractivity contribution < 1.29 is 27.8 Å². The van der Waals surface area contributed by atoms with Gasteiger partial charge in [-0.05, 0) is 6.07 Å². The van der Waals surface area contributed by atoms with Crippen molar-refractivity contribution in [3.63, 3.8) is 0 Å². The molecular weight excluding hydrogens is 308 g/mol. The molecule has 0 aliphatic rings. The average Bonchev–Trinajstić information content (AvgIpc) is 2.43. The van der Waals surface area contributed by atoms with E-state index in [4.69, 9.17) is 26.2 Å². The summed E-state index contributed by atoms with van der Waals surface area (Å²) in [4.78, 5) is 11.0. The zero-order chi connectivity index (χ0) is 15.3. The summed E-state index contributed by atoms with van der Waals surface area (Å²) >= 11 is 5.30. The van der Waals surface area contributed by atoms with Gasteiger partial charge in [-0.25, -0.2) is 13.2 Å². The minimum atomic E-state index is -3.71. The highest BCUT2D eigenvalue weighted by atomic mass is 35.5. The number of benzene rings is 1. The molecule has 0 bridgehead atoms. The van der Waals surface area contributed by atoms with Crippen LogP contribution in [0.4, 0.5) is 0 Å². The average molecular weight is 321 g/mol. The molecule has 6 nitrogen and oxygen atoms in total. The Morgan fingerprint density at radius 3 is 2.45 bits per heavy atom. The van der Waals surface area contributed by atoms with E-state index in [9.17, 15) is 13.2 Å². The summed E-state index contributed by atoms with van der Waals surface area (Å²) in [7, 11) is -1.14. The van der Waals surface area contributed by atoms with Crippen molar-refractivity contribution in [2.24, 2.45) is 0 Å². The van der Waals surface area contributed by atoms with Crippen LogP contribution in [0, 0.1) is 0 Å². The molecule has 1 aromatic rings. The van der Waals surface area contributed by atoms with Crippen molar-refractivity contribution in [2.45, 2.75) is 4.90 Å². The highest BCUT2D eigenvalue weighted by Gasteiger charge is 2.23. The van der Waals surface area contributed by atoms with Gasteiger partial charge in [0.2, 0.25) is 0 Å². The van der Waals surface area contributed by atoms with Crippen LogP contribution < -0.4 is 9.47 Å². The molecule has 0 saturated carbocycles. The lowest BCUT2D eigenvalue weighted by Gasteiger charge is -2.12. The third-order valence-corrected chi connectivity index (χ3v) is 4.21. The second-order valence-electron chi connectivity index (χ2n) is 3.65. The first-order valence-corrected chi connectivity index (χ1v) is 7.43. The molecule has 0 amide bonds. The van der Waals surface area contributed by atoms with Gasteiger partial charge in [-0.15, -0.1) is 0 Å². The van der Waals surface area contributed by atoms with Crippen LogP contribution in [-0.4, -0.2) is 39.5 Å². The van der Waals surface area contributed by atoms with E-state index < -0.39 is 15.8 Å². The van der Waals surface area contributed by atoms with Crippen LogP contribution >= 0.6 is 11.6 Å². The predicted molar refractivity (Wildman–Crippen MR) is 73.6 cm³/mol. The van der Waals surface area contributed by atoms with Crippen LogP contribution in [-0.2, 0) is 9.84 Å². The van der Waals surface area contributed by atoms with Crippen LogP contribution in [0.15, 0.2) is 28.6 Å². The van der Waals surface area contributed by atoms with Crippen molar-refractivity contribution in [2.75, 3.05) is 20.0 Å². The number of halogens is 1.